The fraction of sp³-hybridized carbons (Fsp3) is 0.571. The third-order valence-electron chi connectivity index (χ3n) is 3.67. The first kappa shape index (κ1) is 13.6. The van der Waals surface area contributed by atoms with Crippen LogP contribution in [-0.2, 0) is 9.53 Å². The zero-order valence-corrected chi connectivity index (χ0v) is 11.6. The zero-order chi connectivity index (χ0) is 13.8. The van der Waals surface area contributed by atoms with Crippen molar-refractivity contribution in [2.45, 2.75) is 26.2 Å². The van der Waals surface area contributed by atoms with E-state index >= 15 is 0 Å². The number of piperidine rings is 1. The van der Waals surface area contributed by atoms with Gasteiger partial charge in [-0.05, 0) is 37.3 Å². The summed E-state index contributed by atoms with van der Waals surface area (Å²) in [6.07, 6.45) is 4.22. The molecule has 5 heteroatoms. The number of carbonyl (C=O) groups is 1. The monoisotopic (exact) mass is 263 g/mol. The van der Waals surface area contributed by atoms with Gasteiger partial charge in [0.25, 0.3) is 0 Å². The Balaban J connectivity index is 1.94. The van der Waals surface area contributed by atoms with Crippen molar-refractivity contribution in [1.29, 1.82) is 0 Å². The summed E-state index contributed by atoms with van der Waals surface area (Å²) in [5.41, 5.74) is 7.52. The Bertz CT molecular complexity index is 454. The molecular weight excluding hydrogens is 242 g/mol. The molecule has 0 saturated carbocycles. The minimum absolute atomic E-state index is 0.111. The summed E-state index contributed by atoms with van der Waals surface area (Å²) in [5, 5.41) is 0. The summed E-state index contributed by atoms with van der Waals surface area (Å²) in [7, 11) is 1.44. The van der Waals surface area contributed by atoms with Crippen molar-refractivity contribution in [3.05, 3.63) is 17.8 Å². The maximum atomic E-state index is 11.3. The minimum atomic E-state index is -0.111. The van der Waals surface area contributed by atoms with Gasteiger partial charge in [-0.25, -0.2) is 4.98 Å². The van der Waals surface area contributed by atoms with Gasteiger partial charge >= 0.3 is 5.97 Å². The van der Waals surface area contributed by atoms with Gasteiger partial charge in [-0.1, -0.05) is 0 Å². The van der Waals surface area contributed by atoms with E-state index < -0.39 is 0 Å². The lowest BCUT2D eigenvalue weighted by Gasteiger charge is -2.33. The molecule has 1 aliphatic heterocycles. The number of nitrogen functional groups attached to an aromatic ring is 1. The first-order valence-corrected chi connectivity index (χ1v) is 6.64. The van der Waals surface area contributed by atoms with Crippen molar-refractivity contribution in [2.75, 3.05) is 30.8 Å². The lowest BCUT2D eigenvalue weighted by molar-refractivity contribution is -0.141. The molecule has 1 saturated heterocycles. The first-order valence-electron chi connectivity index (χ1n) is 6.64. The van der Waals surface area contributed by atoms with Gasteiger partial charge < -0.3 is 15.4 Å². The molecule has 2 heterocycles. The maximum Gasteiger partial charge on any atom is 0.305 e. The number of rotatable bonds is 3. The van der Waals surface area contributed by atoms with Crippen LogP contribution in [0.3, 0.4) is 0 Å². The highest BCUT2D eigenvalue weighted by Crippen LogP contribution is 2.26. The summed E-state index contributed by atoms with van der Waals surface area (Å²) < 4.78 is 4.72. The SMILES string of the molecule is COC(=O)CC1CCN(c2ncc(N)cc2C)CC1. The predicted molar refractivity (Wildman–Crippen MR) is 75.0 cm³/mol. The molecule has 0 radical (unpaired) electrons. The van der Waals surface area contributed by atoms with Gasteiger partial charge in [0.15, 0.2) is 0 Å². The molecule has 2 rings (SSSR count). The molecule has 1 aliphatic rings. The standard InChI is InChI=1S/C14H21N3O2/c1-10-7-12(15)9-16-14(10)17-5-3-11(4-6-17)8-13(18)19-2/h7,9,11H,3-6,8,15H2,1-2H3. The summed E-state index contributed by atoms with van der Waals surface area (Å²) >= 11 is 0. The van der Waals surface area contributed by atoms with Crippen LogP contribution in [0.15, 0.2) is 12.3 Å². The van der Waals surface area contributed by atoms with Crippen LogP contribution in [0.25, 0.3) is 0 Å². The highest BCUT2D eigenvalue weighted by molar-refractivity contribution is 5.69. The number of nitrogens with two attached hydrogens (primary N) is 1. The highest BCUT2D eigenvalue weighted by Gasteiger charge is 2.23. The number of methoxy groups -OCH3 is 1. The van der Waals surface area contributed by atoms with Crippen molar-refractivity contribution in [3.8, 4) is 0 Å². The number of aryl methyl sites for hydroxylation is 1. The Hall–Kier alpha value is -1.78. The van der Waals surface area contributed by atoms with Crippen molar-refractivity contribution in [3.63, 3.8) is 0 Å². The highest BCUT2D eigenvalue weighted by atomic mass is 16.5. The van der Waals surface area contributed by atoms with Gasteiger partial charge in [0.2, 0.25) is 0 Å². The lowest BCUT2D eigenvalue weighted by Crippen LogP contribution is -2.35. The third-order valence-corrected chi connectivity index (χ3v) is 3.67. The number of nitrogens with zero attached hydrogens (tertiary/aromatic N) is 2. The molecule has 0 aliphatic carbocycles. The van der Waals surface area contributed by atoms with Crippen LogP contribution in [0.2, 0.25) is 0 Å². The topological polar surface area (TPSA) is 68.5 Å². The Morgan fingerprint density at radius 3 is 2.79 bits per heavy atom. The number of esters is 1. The summed E-state index contributed by atoms with van der Waals surface area (Å²) in [4.78, 5) is 17.9. The van der Waals surface area contributed by atoms with E-state index in [9.17, 15) is 4.79 Å². The fourth-order valence-electron chi connectivity index (χ4n) is 2.59. The summed E-state index contributed by atoms with van der Waals surface area (Å²) in [5.74, 6) is 1.32. The maximum absolute atomic E-state index is 11.3. The third kappa shape index (κ3) is 3.36. The van der Waals surface area contributed by atoms with Crippen LogP contribution >= 0.6 is 0 Å². The molecule has 5 nitrogen and oxygen atoms in total. The molecule has 19 heavy (non-hydrogen) atoms. The molecule has 1 aromatic rings. The lowest BCUT2D eigenvalue weighted by atomic mass is 9.93. The normalized spacial score (nSPS) is 16.4. The Labute approximate surface area is 113 Å². The van der Waals surface area contributed by atoms with Crippen molar-refractivity contribution >= 4 is 17.5 Å². The number of hydrogen-bond acceptors (Lipinski definition) is 5. The van der Waals surface area contributed by atoms with E-state index in [4.69, 9.17) is 10.5 Å². The summed E-state index contributed by atoms with van der Waals surface area (Å²) in [6, 6.07) is 1.95. The molecule has 1 aromatic heterocycles. The molecule has 0 atom stereocenters. The van der Waals surface area contributed by atoms with E-state index in [-0.39, 0.29) is 5.97 Å². The van der Waals surface area contributed by atoms with Gasteiger partial charge in [-0.2, -0.15) is 0 Å². The Morgan fingerprint density at radius 2 is 2.21 bits per heavy atom. The minimum Gasteiger partial charge on any atom is -0.469 e. The van der Waals surface area contributed by atoms with E-state index in [1.165, 1.54) is 7.11 Å². The van der Waals surface area contributed by atoms with E-state index in [1.807, 2.05) is 13.0 Å². The number of anilines is 2. The fourth-order valence-corrected chi connectivity index (χ4v) is 2.59. The molecule has 2 N–H and O–H groups in total. The average Bonchev–Trinajstić information content (AvgIpc) is 2.40. The molecule has 0 aromatic carbocycles. The van der Waals surface area contributed by atoms with Crippen LogP contribution in [0.4, 0.5) is 11.5 Å². The van der Waals surface area contributed by atoms with Crippen molar-refractivity contribution in [2.24, 2.45) is 5.92 Å². The zero-order valence-electron chi connectivity index (χ0n) is 11.6. The Kier molecular flexibility index (Phi) is 4.24. The number of aromatic nitrogens is 1. The second kappa shape index (κ2) is 5.91. The van der Waals surface area contributed by atoms with Crippen LogP contribution in [0.5, 0.6) is 0 Å². The number of ether oxygens (including phenoxy) is 1. The largest absolute Gasteiger partial charge is 0.469 e. The smallest absolute Gasteiger partial charge is 0.305 e. The van der Waals surface area contributed by atoms with Gasteiger partial charge in [-0.15, -0.1) is 0 Å². The molecule has 104 valence electrons. The van der Waals surface area contributed by atoms with E-state index in [2.05, 4.69) is 9.88 Å². The molecule has 0 unspecified atom stereocenters. The van der Waals surface area contributed by atoms with E-state index in [0.717, 1.165) is 37.3 Å². The number of pyridine rings is 1. The number of carbonyl (C=O) groups excluding carboxylic acids is 1. The predicted octanol–water partition coefficient (Wildman–Crippen LogP) is 1.75. The molecule has 0 spiro atoms. The van der Waals surface area contributed by atoms with Gasteiger partial charge in [0.1, 0.15) is 5.82 Å². The van der Waals surface area contributed by atoms with Crippen LogP contribution < -0.4 is 10.6 Å². The molecule has 0 amide bonds. The van der Waals surface area contributed by atoms with E-state index in [0.29, 0.717) is 18.0 Å². The molecule has 1 fully saturated rings. The van der Waals surface area contributed by atoms with Gasteiger partial charge in [-0.3, -0.25) is 4.79 Å². The quantitative estimate of drug-likeness (QED) is 0.841. The van der Waals surface area contributed by atoms with Gasteiger partial charge in [0, 0.05) is 19.5 Å². The molecule has 0 bridgehead atoms. The number of hydrogen-bond donors (Lipinski definition) is 1. The van der Waals surface area contributed by atoms with Crippen molar-refractivity contribution < 1.29 is 9.53 Å². The van der Waals surface area contributed by atoms with Crippen molar-refractivity contribution in [1.82, 2.24) is 4.98 Å². The second-order valence-electron chi connectivity index (χ2n) is 5.12. The molecular formula is C14H21N3O2. The first-order chi connectivity index (χ1) is 9.10. The Morgan fingerprint density at radius 1 is 1.53 bits per heavy atom. The average molecular weight is 263 g/mol. The van der Waals surface area contributed by atoms with Gasteiger partial charge in [0.05, 0.1) is 19.0 Å². The van der Waals surface area contributed by atoms with Crippen LogP contribution in [0.1, 0.15) is 24.8 Å². The second-order valence-corrected chi connectivity index (χ2v) is 5.12. The van der Waals surface area contributed by atoms with Crippen LogP contribution in [-0.4, -0.2) is 31.2 Å². The van der Waals surface area contributed by atoms with Crippen LogP contribution in [0, 0.1) is 12.8 Å². The van der Waals surface area contributed by atoms with E-state index in [1.54, 1.807) is 6.20 Å². The summed E-state index contributed by atoms with van der Waals surface area (Å²) in [6.45, 7) is 3.89.